The van der Waals surface area contributed by atoms with Crippen molar-refractivity contribution in [3.63, 3.8) is 0 Å². The topological polar surface area (TPSA) is 70.1 Å². The number of likely N-dealkylation sites (tertiary alicyclic amines) is 1. The molecule has 2 heterocycles. The summed E-state index contributed by atoms with van der Waals surface area (Å²) >= 11 is 0. The third kappa shape index (κ3) is 3.18. The van der Waals surface area contributed by atoms with Crippen LogP contribution < -0.4 is 9.64 Å². The van der Waals surface area contributed by atoms with Gasteiger partial charge in [0, 0.05) is 25.6 Å². The third-order valence-electron chi connectivity index (χ3n) is 5.09. The summed E-state index contributed by atoms with van der Waals surface area (Å²) in [5.74, 6) is -0.101. The standard InChI is InChI=1S/C18H24N2O4/c1-24-16-7-3-2-5-14(16)19-11-8-13(9-12-19)17(21)20-10-4-6-15(20)18(22)23/h2-3,5,7,13,15H,4,6,8-12H2,1H3,(H,22,23). The first kappa shape index (κ1) is 16.6. The maximum absolute atomic E-state index is 12.7. The molecule has 1 unspecified atom stereocenters. The number of aliphatic carboxylic acids is 1. The van der Waals surface area contributed by atoms with Crippen LogP contribution in [0.2, 0.25) is 0 Å². The molecule has 0 spiro atoms. The van der Waals surface area contributed by atoms with Crippen molar-refractivity contribution in [3.8, 4) is 5.75 Å². The van der Waals surface area contributed by atoms with Crippen LogP contribution in [-0.4, -0.2) is 54.7 Å². The molecule has 2 aliphatic rings. The summed E-state index contributed by atoms with van der Waals surface area (Å²) in [5, 5.41) is 9.26. The van der Waals surface area contributed by atoms with Crippen LogP contribution in [0.4, 0.5) is 5.69 Å². The molecule has 2 fully saturated rings. The normalized spacial score (nSPS) is 21.8. The second-order valence-electron chi connectivity index (χ2n) is 6.46. The van der Waals surface area contributed by atoms with Crippen molar-refractivity contribution < 1.29 is 19.4 Å². The van der Waals surface area contributed by atoms with E-state index in [0.29, 0.717) is 13.0 Å². The van der Waals surface area contributed by atoms with Crippen LogP contribution in [0.15, 0.2) is 24.3 Å². The Kier molecular flexibility index (Phi) is 4.92. The average molecular weight is 332 g/mol. The number of carbonyl (C=O) groups excluding carboxylic acids is 1. The highest BCUT2D eigenvalue weighted by molar-refractivity contribution is 5.86. The number of anilines is 1. The lowest BCUT2D eigenvalue weighted by Crippen LogP contribution is -2.46. The second-order valence-corrected chi connectivity index (χ2v) is 6.46. The van der Waals surface area contributed by atoms with Gasteiger partial charge in [-0.2, -0.15) is 0 Å². The van der Waals surface area contributed by atoms with Crippen molar-refractivity contribution in [1.82, 2.24) is 4.90 Å². The van der Waals surface area contributed by atoms with Crippen LogP contribution in [0.25, 0.3) is 0 Å². The summed E-state index contributed by atoms with van der Waals surface area (Å²) in [4.78, 5) is 27.8. The smallest absolute Gasteiger partial charge is 0.326 e. The Balaban J connectivity index is 1.62. The number of benzene rings is 1. The molecule has 0 saturated carbocycles. The van der Waals surface area contributed by atoms with Crippen molar-refractivity contribution in [1.29, 1.82) is 0 Å². The van der Waals surface area contributed by atoms with E-state index >= 15 is 0 Å². The number of hydrogen-bond acceptors (Lipinski definition) is 4. The summed E-state index contributed by atoms with van der Waals surface area (Å²) in [6.07, 6.45) is 2.85. The third-order valence-corrected chi connectivity index (χ3v) is 5.09. The van der Waals surface area contributed by atoms with E-state index in [-0.39, 0.29) is 11.8 Å². The van der Waals surface area contributed by atoms with E-state index in [4.69, 9.17) is 4.74 Å². The fourth-order valence-electron chi connectivity index (χ4n) is 3.78. The van der Waals surface area contributed by atoms with Gasteiger partial charge in [-0.3, -0.25) is 4.79 Å². The molecule has 0 aliphatic carbocycles. The number of carboxylic acids is 1. The number of methoxy groups -OCH3 is 1. The lowest BCUT2D eigenvalue weighted by atomic mass is 9.94. The zero-order valence-corrected chi connectivity index (χ0v) is 14.0. The first-order valence-electron chi connectivity index (χ1n) is 8.53. The molecule has 3 rings (SSSR count). The van der Waals surface area contributed by atoms with Crippen LogP contribution in [0.3, 0.4) is 0 Å². The highest BCUT2D eigenvalue weighted by atomic mass is 16.5. The van der Waals surface area contributed by atoms with E-state index in [1.54, 1.807) is 12.0 Å². The summed E-state index contributed by atoms with van der Waals surface area (Å²) in [5.41, 5.74) is 1.05. The SMILES string of the molecule is COc1ccccc1N1CCC(C(=O)N2CCCC2C(=O)O)CC1. The van der Waals surface area contributed by atoms with Crippen LogP contribution in [-0.2, 0) is 9.59 Å². The van der Waals surface area contributed by atoms with Crippen molar-refractivity contribution in [3.05, 3.63) is 24.3 Å². The second kappa shape index (κ2) is 7.11. The van der Waals surface area contributed by atoms with E-state index in [1.807, 2.05) is 24.3 Å². The highest BCUT2D eigenvalue weighted by Crippen LogP contribution is 2.32. The zero-order chi connectivity index (χ0) is 17.1. The van der Waals surface area contributed by atoms with Crippen molar-refractivity contribution in [2.24, 2.45) is 5.92 Å². The first-order valence-corrected chi connectivity index (χ1v) is 8.53. The Morgan fingerprint density at radius 3 is 2.50 bits per heavy atom. The molecule has 24 heavy (non-hydrogen) atoms. The van der Waals surface area contributed by atoms with Gasteiger partial charge in [-0.25, -0.2) is 4.79 Å². The van der Waals surface area contributed by atoms with Gasteiger partial charge >= 0.3 is 5.97 Å². The molecule has 2 aliphatic heterocycles. The summed E-state index contributed by atoms with van der Waals surface area (Å²) < 4.78 is 5.41. The van der Waals surface area contributed by atoms with Gasteiger partial charge in [0.15, 0.2) is 0 Å². The molecule has 130 valence electrons. The molecule has 2 saturated heterocycles. The fourth-order valence-corrected chi connectivity index (χ4v) is 3.78. The van der Waals surface area contributed by atoms with Gasteiger partial charge in [0.1, 0.15) is 11.8 Å². The Hall–Kier alpha value is -2.24. The van der Waals surface area contributed by atoms with Crippen molar-refractivity contribution in [2.75, 3.05) is 31.6 Å². The number of piperidine rings is 1. The molecule has 1 atom stereocenters. The Labute approximate surface area is 142 Å². The van der Waals surface area contributed by atoms with Gasteiger partial charge in [0.2, 0.25) is 5.91 Å². The van der Waals surface area contributed by atoms with Crippen molar-refractivity contribution >= 4 is 17.6 Å². The van der Waals surface area contributed by atoms with Gasteiger partial charge < -0.3 is 19.6 Å². The Morgan fingerprint density at radius 2 is 1.83 bits per heavy atom. The van der Waals surface area contributed by atoms with Gasteiger partial charge in [-0.15, -0.1) is 0 Å². The highest BCUT2D eigenvalue weighted by Gasteiger charge is 2.38. The van der Waals surface area contributed by atoms with E-state index < -0.39 is 12.0 Å². The lowest BCUT2D eigenvalue weighted by molar-refractivity contribution is -0.150. The summed E-state index contributed by atoms with van der Waals surface area (Å²) in [6, 6.07) is 7.26. The molecule has 0 bridgehead atoms. The van der Waals surface area contributed by atoms with Crippen LogP contribution in [0.5, 0.6) is 5.75 Å². The number of carboxylic acid groups (broad SMARTS) is 1. The number of rotatable bonds is 4. The molecule has 6 heteroatoms. The number of carbonyl (C=O) groups is 2. The Morgan fingerprint density at radius 1 is 1.12 bits per heavy atom. The van der Waals surface area contributed by atoms with Gasteiger partial charge in [-0.05, 0) is 37.8 Å². The molecular formula is C18H24N2O4. The first-order chi connectivity index (χ1) is 11.6. The predicted molar refractivity (Wildman–Crippen MR) is 90.3 cm³/mol. The van der Waals surface area contributed by atoms with E-state index in [0.717, 1.165) is 43.8 Å². The summed E-state index contributed by atoms with van der Waals surface area (Å²) in [6.45, 7) is 2.13. The molecule has 6 nitrogen and oxygen atoms in total. The summed E-state index contributed by atoms with van der Waals surface area (Å²) in [7, 11) is 1.66. The quantitative estimate of drug-likeness (QED) is 0.913. The predicted octanol–water partition coefficient (Wildman–Crippen LogP) is 1.99. The average Bonchev–Trinajstić information content (AvgIpc) is 3.11. The zero-order valence-electron chi connectivity index (χ0n) is 14.0. The van der Waals surface area contributed by atoms with E-state index in [2.05, 4.69) is 4.90 Å². The lowest BCUT2D eigenvalue weighted by Gasteiger charge is -2.35. The number of nitrogens with zero attached hydrogens (tertiary/aromatic N) is 2. The van der Waals surface area contributed by atoms with Gasteiger partial charge in [0.05, 0.1) is 12.8 Å². The molecule has 1 amide bonds. The minimum Gasteiger partial charge on any atom is -0.495 e. The molecule has 1 aromatic carbocycles. The van der Waals surface area contributed by atoms with E-state index in [9.17, 15) is 14.7 Å². The minimum atomic E-state index is -0.882. The molecule has 1 N–H and O–H groups in total. The molecule has 1 aromatic rings. The maximum atomic E-state index is 12.7. The largest absolute Gasteiger partial charge is 0.495 e. The van der Waals surface area contributed by atoms with E-state index in [1.165, 1.54) is 0 Å². The minimum absolute atomic E-state index is 0.0135. The molecule has 0 radical (unpaired) electrons. The van der Waals surface area contributed by atoms with Gasteiger partial charge in [-0.1, -0.05) is 12.1 Å². The number of para-hydroxylation sites is 2. The fraction of sp³-hybridized carbons (Fsp3) is 0.556. The van der Waals surface area contributed by atoms with Crippen LogP contribution in [0.1, 0.15) is 25.7 Å². The van der Waals surface area contributed by atoms with Crippen molar-refractivity contribution in [2.45, 2.75) is 31.7 Å². The van der Waals surface area contributed by atoms with Crippen LogP contribution in [0, 0.1) is 5.92 Å². The number of ether oxygens (including phenoxy) is 1. The molecule has 0 aromatic heterocycles. The maximum Gasteiger partial charge on any atom is 0.326 e. The monoisotopic (exact) mass is 332 g/mol. The van der Waals surface area contributed by atoms with Gasteiger partial charge in [0.25, 0.3) is 0 Å². The number of amides is 1. The Bertz CT molecular complexity index is 611. The van der Waals surface area contributed by atoms with Crippen LogP contribution >= 0.6 is 0 Å². The number of hydrogen-bond donors (Lipinski definition) is 1. The molecular weight excluding hydrogens is 308 g/mol.